The van der Waals surface area contributed by atoms with Crippen molar-refractivity contribution in [3.8, 4) is 5.75 Å². The Morgan fingerprint density at radius 3 is 2.27 bits per heavy atom. The van der Waals surface area contributed by atoms with Crippen LogP contribution in [0.25, 0.3) is 0 Å². The molecule has 0 unspecified atom stereocenters. The van der Waals surface area contributed by atoms with Crippen LogP contribution in [0.2, 0.25) is 5.02 Å². The summed E-state index contributed by atoms with van der Waals surface area (Å²) in [7, 11) is -2.34. The number of ether oxygens (including phenoxy) is 1. The molecule has 0 heterocycles. The van der Waals surface area contributed by atoms with Gasteiger partial charge in [-0.2, -0.15) is 0 Å². The number of methoxy groups -OCH3 is 1. The predicted molar refractivity (Wildman–Crippen MR) is 164 cm³/mol. The maximum atomic E-state index is 14.2. The number of sulfonamides is 1. The van der Waals surface area contributed by atoms with Crippen molar-refractivity contribution < 1.29 is 22.7 Å². The maximum absolute atomic E-state index is 14.2. The molecule has 0 radical (unpaired) electrons. The highest BCUT2D eigenvalue weighted by Gasteiger charge is 2.33. The van der Waals surface area contributed by atoms with Gasteiger partial charge >= 0.3 is 0 Å². The molecule has 10 heteroatoms. The molecular formula is C31H38ClN3O5S. The molecule has 0 aromatic heterocycles. The first-order valence-corrected chi connectivity index (χ1v) is 15.6. The Labute approximate surface area is 248 Å². The zero-order chi connectivity index (χ0) is 30.2. The molecule has 0 fully saturated rings. The summed E-state index contributed by atoms with van der Waals surface area (Å²) in [6, 6.07) is 20.7. The molecule has 0 aliphatic heterocycles. The van der Waals surface area contributed by atoms with E-state index in [4.69, 9.17) is 16.3 Å². The van der Waals surface area contributed by atoms with E-state index in [0.29, 0.717) is 28.6 Å². The van der Waals surface area contributed by atoms with E-state index in [9.17, 15) is 18.0 Å². The van der Waals surface area contributed by atoms with E-state index in [1.165, 1.54) is 4.90 Å². The minimum atomic E-state index is -3.89. The Balaban J connectivity index is 2.09. The van der Waals surface area contributed by atoms with E-state index in [-0.39, 0.29) is 24.8 Å². The number of halogens is 1. The summed E-state index contributed by atoms with van der Waals surface area (Å²) in [4.78, 5) is 29.3. The molecule has 0 spiro atoms. The second kappa shape index (κ2) is 14.4. The topological polar surface area (TPSA) is 96.0 Å². The van der Waals surface area contributed by atoms with E-state index in [0.717, 1.165) is 21.7 Å². The predicted octanol–water partition coefficient (Wildman–Crippen LogP) is 4.84. The van der Waals surface area contributed by atoms with Crippen molar-refractivity contribution in [2.75, 3.05) is 30.8 Å². The van der Waals surface area contributed by atoms with Crippen LogP contribution in [0.3, 0.4) is 0 Å². The van der Waals surface area contributed by atoms with Crippen LogP contribution in [0.15, 0.2) is 72.8 Å². The Hall–Kier alpha value is -3.56. The lowest BCUT2D eigenvalue weighted by molar-refractivity contribution is -0.140. The molecule has 220 valence electrons. The van der Waals surface area contributed by atoms with Crippen molar-refractivity contribution in [3.63, 3.8) is 0 Å². The van der Waals surface area contributed by atoms with Crippen molar-refractivity contribution in [1.82, 2.24) is 10.2 Å². The van der Waals surface area contributed by atoms with E-state index in [2.05, 4.69) is 5.32 Å². The minimum Gasteiger partial charge on any atom is -0.497 e. The van der Waals surface area contributed by atoms with Crippen molar-refractivity contribution in [3.05, 3.63) is 94.5 Å². The van der Waals surface area contributed by atoms with Gasteiger partial charge in [0.05, 0.1) is 19.1 Å². The highest BCUT2D eigenvalue weighted by Crippen LogP contribution is 2.29. The highest BCUT2D eigenvalue weighted by atomic mass is 35.5. The number of nitrogens with zero attached hydrogens (tertiary/aromatic N) is 2. The monoisotopic (exact) mass is 599 g/mol. The maximum Gasteiger partial charge on any atom is 0.244 e. The van der Waals surface area contributed by atoms with E-state index < -0.39 is 28.5 Å². The van der Waals surface area contributed by atoms with Crippen LogP contribution in [0.5, 0.6) is 5.75 Å². The molecule has 1 N–H and O–H groups in total. The van der Waals surface area contributed by atoms with E-state index in [1.807, 2.05) is 50.2 Å². The van der Waals surface area contributed by atoms with Crippen LogP contribution in [-0.4, -0.2) is 57.6 Å². The van der Waals surface area contributed by atoms with Gasteiger partial charge in [0.15, 0.2) is 0 Å². The summed E-state index contributed by atoms with van der Waals surface area (Å²) < 4.78 is 32.4. The van der Waals surface area contributed by atoms with Gasteiger partial charge in [0.2, 0.25) is 21.8 Å². The third-order valence-corrected chi connectivity index (χ3v) is 8.17. The number of carbonyl (C=O) groups excluding carboxylic acids is 2. The molecular weight excluding hydrogens is 562 g/mol. The average molecular weight is 600 g/mol. The van der Waals surface area contributed by atoms with Gasteiger partial charge in [0.25, 0.3) is 0 Å². The fourth-order valence-corrected chi connectivity index (χ4v) is 5.47. The molecule has 1 atom stereocenters. The van der Waals surface area contributed by atoms with Crippen molar-refractivity contribution >= 4 is 39.1 Å². The normalized spacial score (nSPS) is 12.1. The molecule has 0 saturated heterocycles. The molecule has 3 aromatic rings. The largest absolute Gasteiger partial charge is 0.497 e. The van der Waals surface area contributed by atoms with Crippen molar-refractivity contribution in [1.29, 1.82) is 0 Å². The van der Waals surface area contributed by atoms with Crippen LogP contribution in [0.1, 0.15) is 30.5 Å². The van der Waals surface area contributed by atoms with Crippen molar-refractivity contribution in [2.24, 2.45) is 5.92 Å². The zero-order valence-corrected chi connectivity index (χ0v) is 25.7. The smallest absolute Gasteiger partial charge is 0.244 e. The molecule has 3 rings (SSSR count). The van der Waals surface area contributed by atoms with Crippen LogP contribution in [0.4, 0.5) is 5.69 Å². The number of benzene rings is 3. The lowest BCUT2D eigenvalue weighted by Gasteiger charge is -2.34. The van der Waals surface area contributed by atoms with Gasteiger partial charge in [-0.05, 0) is 53.8 Å². The number of hydrogen-bond acceptors (Lipinski definition) is 5. The second-order valence-corrected chi connectivity index (χ2v) is 12.7. The highest BCUT2D eigenvalue weighted by molar-refractivity contribution is 7.92. The van der Waals surface area contributed by atoms with E-state index in [1.54, 1.807) is 50.4 Å². The number of nitrogens with one attached hydrogen (secondary N) is 1. The molecule has 0 saturated carbocycles. The van der Waals surface area contributed by atoms with Crippen LogP contribution in [0, 0.1) is 12.8 Å². The summed E-state index contributed by atoms with van der Waals surface area (Å²) in [6.07, 6.45) is 1.29. The molecule has 3 aromatic carbocycles. The van der Waals surface area contributed by atoms with Gasteiger partial charge in [-0.25, -0.2) is 8.42 Å². The van der Waals surface area contributed by atoms with Crippen LogP contribution in [-0.2, 0) is 32.6 Å². The summed E-state index contributed by atoms with van der Waals surface area (Å²) in [6.45, 7) is 5.67. The zero-order valence-electron chi connectivity index (χ0n) is 24.1. The number of hydrogen-bond donors (Lipinski definition) is 1. The number of carbonyl (C=O) groups is 2. The third-order valence-electron chi connectivity index (χ3n) is 6.63. The lowest BCUT2D eigenvalue weighted by atomic mass is 10.0. The Morgan fingerprint density at radius 1 is 0.976 bits per heavy atom. The Bertz CT molecular complexity index is 1450. The first kappa shape index (κ1) is 32.0. The van der Waals surface area contributed by atoms with Crippen molar-refractivity contribution in [2.45, 2.75) is 39.8 Å². The van der Waals surface area contributed by atoms with Gasteiger partial charge in [-0.15, -0.1) is 0 Å². The SMILES string of the molecule is COc1cccc(CN(C(=O)CN(c2cccc(Cl)c2C)S(C)(=O)=O)[C@H](Cc2ccccc2)C(=O)NCC(C)C)c1. The molecule has 0 aliphatic rings. The fraction of sp³-hybridized carbons (Fsp3) is 0.355. The molecule has 41 heavy (non-hydrogen) atoms. The third kappa shape index (κ3) is 8.96. The fourth-order valence-electron chi connectivity index (χ4n) is 4.41. The number of rotatable bonds is 13. The standard InChI is InChI=1S/C31H38ClN3O5S/c1-22(2)19-33-31(37)29(18-24-11-7-6-8-12-24)34(20-25-13-9-14-26(17-25)40-4)30(36)21-35(41(5,38)39)28-16-10-15-27(32)23(28)3/h6-17,22,29H,18-21H2,1-5H3,(H,33,37)/t29-/m1/s1. The molecule has 2 amide bonds. The first-order valence-electron chi connectivity index (χ1n) is 13.4. The summed E-state index contributed by atoms with van der Waals surface area (Å²) >= 11 is 6.30. The van der Waals surface area contributed by atoms with Gasteiger partial charge in [0.1, 0.15) is 18.3 Å². The van der Waals surface area contributed by atoms with Crippen LogP contribution < -0.4 is 14.4 Å². The summed E-state index contributed by atoms with van der Waals surface area (Å²) in [5, 5.41) is 3.35. The molecule has 8 nitrogen and oxygen atoms in total. The Morgan fingerprint density at radius 2 is 1.63 bits per heavy atom. The summed E-state index contributed by atoms with van der Waals surface area (Å²) in [5.74, 6) is -0.0432. The van der Waals surface area contributed by atoms with Crippen LogP contribution >= 0.6 is 11.6 Å². The molecule has 0 aliphatic carbocycles. The van der Waals surface area contributed by atoms with Gasteiger partial charge < -0.3 is 15.0 Å². The minimum absolute atomic E-state index is 0.0642. The quantitative estimate of drug-likeness (QED) is 0.303. The average Bonchev–Trinajstić information content (AvgIpc) is 2.94. The number of amides is 2. The van der Waals surface area contributed by atoms with E-state index >= 15 is 0 Å². The number of anilines is 1. The lowest BCUT2D eigenvalue weighted by Crippen LogP contribution is -2.53. The second-order valence-electron chi connectivity index (χ2n) is 10.4. The molecule has 0 bridgehead atoms. The Kier molecular flexibility index (Phi) is 11.2. The first-order chi connectivity index (χ1) is 19.4. The van der Waals surface area contributed by atoms with Gasteiger partial charge in [0, 0.05) is 24.5 Å². The van der Waals surface area contributed by atoms with Gasteiger partial charge in [-0.1, -0.05) is 74.0 Å². The van der Waals surface area contributed by atoms with Gasteiger partial charge in [-0.3, -0.25) is 13.9 Å². The summed E-state index contributed by atoms with van der Waals surface area (Å²) in [5.41, 5.74) is 2.43.